The second-order valence-corrected chi connectivity index (χ2v) is 6.05. The summed E-state index contributed by atoms with van der Waals surface area (Å²) in [6.07, 6.45) is 3.61. The monoisotopic (exact) mass is 276 g/mol. The summed E-state index contributed by atoms with van der Waals surface area (Å²) in [6.45, 7) is 9.42. The molecule has 1 fully saturated rings. The van der Waals surface area contributed by atoms with Crippen LogP contribution >= 0.6 is 0 Å². The van der Waals surface area contributed by atoms with E-state index in [0.29, 0.717) is 0 Å². The molecule has 1 aliphatic heterocycles. The van der Waals surface area contributed by atoms with E-state index in [1.165, 1.54) is 37.1 Å². The summed E-state index contributed by atoms with van der Waals surface area (Å²) in [5.41, 5.74) is 8.26. The maximum atomic E-state index is 5.85. The Morgan fingerprint density at radius 1 is 1.15 bits per heavy atom. The van der Waals surface area contributed by atoms with E-state index in [0.717, 1.165) is 37.8 Å². The Balaban J connectivity index is 1.64. The number of aryl methyl sites for hydroxylation is 2. The molecule has 1 saturated heterocycles. The Bertz CT molecular complexity index is 391. The lowest BCUT2D eigenvalue weighted by Crippen LogP contribution is -2.37. The van der Waals surface area contributed by atoms with E-state index >= 15 is 0 Å². The van der Waals surface area contributed by atoms with Crippen LogP contribution < -0.4 is 10.5 Å². The summed E-state index contributed by atoms with van der Waals surface area (Å²) in [6, 6.07) is 6.40. The van der Waals surface area contributed by atoms with Crippen LogP contribution in [0.5, 0.6) is 5.75 Å². The molecule has 0 aliphatic carbocycles. The lowest BCUT2D eigenvalue weighted by molar-refractivity contribution is 0.173. The van der Waals surface area contributed by atoms with Crippen LogP contribution in [0.25, 0.3) is 0 Å². The fourth-order valence-corrected chi connectivity index (χ4v) is 2.94. The van der Waals surface area contributed by atoms with Crippen LogP contribution in [0.4, 0.5) is 0 Å². The molecule has 1 aromatic rings. The van der Waals surface area contributed by atoms with Crippen LogP contribution in [0.15, 0.2) is 18.2 Å². The minimum absolute atomic E-state index is 0.748. The molecule has 1 aromatic carbocycles. The van der Waals surface area contributed by atoms with Crippen LogP contribution in [-0.2, 0) is 0 Å². The molecular formula is C17H28N2O. The molecule has 20 heavy (non-hydrogen) atoms. The highest BCUT2D eigenvalue weighted by Crippen LogP contribution is 2.17. The predicted molar refractivity (Wildman–Crippen MR) is 84.2 cm³/mol. The fraction of sp³-hybridized carbons (Fsp3) is 0.647. The SMILES string of the molecule is Cc1cc(C)cc(OCCCN2CCC(CN)CC2)c1. The number of likely N-dealkylation sites (tertiary alicyclic amines) is 1. The maximum absolute atomic E-state index is 5.85. The highest BCUT2D eigenvalue weighted by atomic mass is 16.5. The van der Waals surface area contributed by atoms with Gasteiger partial charge in [0.2, 0.25) is 0 Å². The van der Waals surface area contributed by atoms with Crippen molar-refractivity contribution < 1.29 is 4.74 Å². The van der Waals surface area contributed by atoms with E-state index in [1.54, 1.807) is 0 Å². The molecule has 0 spiro atoms. The third kappa shape index (κ3) is 4.80. The Morgan fingerprint density at radius 3 is 2.40 bits per heavy atom. The van der Waals surface area contributed by atoms with Gasteiger partial charge in [-0.05, 0) is 81.9 Å². The van der Waals surface area contributed by atoms with Crippen molar-refractivity contribution in [3.05, 3.63) is 29.3 Å². The van der Waals surface area contributed by atoms with Gasteiger partial charge in [0.1, 0.15) is 5.75 Å². The van der Waals surface area contributed by atoms with Crippen molar-refractivity contribution in [2.75, 3.05) is 32.8 Å². The lowest BCUT2D eigenvalue weighted by atomic mass is 9.97. The molecule has 1 aliphatic rings. The Hall–Kier alpha value is -1.06. The average Bonchev–Trinajstić information content (AvgIpc) is 2.43. The van der Waals surface area contributed by atoms with E-state index in [-0.39, 0.29) is 0 Å². The smallest absolute Gasteiger partial charge is 0.119 e. The third-order valence-corrected chi connectivity index (χ3v) is 4.12. The maximum Gasteiger partial charge on any atom is 0.119 e. The molecule has 0 aromatic heterocycles. The second kappa shape index (κ2) is 7.65. The number of benzene rings is 1. The van der Waals surface area contributed by atoms with Gasteiger partial charge in [0, 0.05) is 6.54 Å². The molecule has 0 atom stereocenters. The van der Waals surface area contributed by atoms with Crippen LogP contribution in [0.3, 0.4) is 0 Å². The Morgan fingerprint density at radius 2 is 1.80 bits per heavy atom. The first-order chi connectivity index (χ1) is 9.67. The first-order valence-electron chi connectivity index (χ1n) is 7.81. The van der Waals surface area contributed by atoms with Crippen LogP contribution in [0, 0.1) is 19.8 Å². The number of nitrogens with two attached hydrogens (primary N) is 1. The average molecular weight is 276 g/mol. The van der Waals surface area contributed by atoms with Crippen molar-refractivity contribution >= 4 is 0 Å². The quantitative estimate of drug-likeness (QED) is 0.812. The van der Waals surface area contributed by atoms with E-state index in [9.17, 15) is 0 Å². The van der Waals surface area contributed by atoms with Crippen LogP contribution in [-0.4, -0.2) is 37.7 Å². The standard InChI is InChI=1S/C17H28N2O/c1-14-10-15(2)12-17(11-14)20-9-3-6-19-7-4-16(13-18)5-8-19/h10-12,16H,3-9,13,18H2,1-2H3. The first kappa shape index (κ1) is 15.3. The van der Waals surface area contributed by atoms with Crippen LogP contribution in [0.1, 0.15) is 30.4 Å². The van der Waals surface area contributed by atoms with Crippen molar-refractivity contribution in [2.24, 2.45) is 11.7 Å². The summed E-state index contributed by atoms with van der Waals surface area (Å²) < 4.78 is 5.85. The molecule has 112 valence electrons. The van der Waals surface area contributed by atoms with Gasteiger partial charge >= 0.3 is 0 Å². The first-order valence-corrected chi connectivity index (χ1v) is 7.81. The molecule has 0 saturated carbocycles. The van der Waals surface area contributed by atoms with Gasteiger partial charge in [-0.1, -0.05) is 6.07 Å². The molecule has 3 heteroatoms. The summed E-state index contributed by atoms with van der Waals surface area (Å²) >= 11 is 0. The number of piperidine rings is 1. The van der Waals surface area contributed by atoms with Gasteiger partial charge in [0.15, 0.2) is 0 Å². The number of ether oxygens (including phenoxy) is 1. The summed E-state index contributed by atoms with van der Waals surface area (Å²) in [4.78, 5) is 2.54. The van der Waals surface area contributed by atoms with Crippen molar-refractivity contribution in [3.63, 3.8) is 0 Å². The summed E-state index contributed by atoms with van der Waals surface area (Å²) in [5, 5.41) is 0. The number of nitrogens with zero attached hydrogens (tertiary/aromatic N) is 1. The predicted octanol–water partition coefficient (Wildman–Crippen LogP) is 2.74. The van der Waals surface area contributed by atoms with Gasteiger partial charge < -0.3 is 15.4 Å². The molecule has 0 unspecified atom stereocenters. The number of hydrogen-bond donors (Lipinski definition) is 1. The summed E-state index contributed by atoms with van der Waals surface area (Å²) in [7, 11) is 0. The number of hydrogen-bond acceptors (Lipinski definition) is 3. The Labute approximate surface area is 123 Å². The van der Waals surface area contributed by atoms with E-state index in [2.05, 4.69) is 36.9 Å². The molecular weight excluding hydrogens is 248 g/mol. The molecule has 3 nitrogen and oxygen atoms in total. The second-order valence-electron chi connectivity index (χ2n) is 6.05. The van der Waals surface area contributed by atoms with Crippen LogP contribution in [0.2, 0.25) is 0 Å². The molecule has 0 amide bonds. The largest absolute Gasteiger partial charge is 0.494 e. The molecule has 0 radical (unpaired) electrons. The number of rotatable bonds is 6. The molecule has 2 N–H and O–H groups in total. The van der Waals surface area contributed by atoms with Crippen molar-refractivity contribution in [1.29, 1.82) is 0 Å². The zero-order valence-corrected chi connectivity index (χ0v) is 12.9. The zero-order valence-electron chi connectivity index (χ0n) is 12.9. The zero-order chi connectivity index (χ0) is 14.4. The highest BCUT2D eigenvalue weighted by Gasteiger charge is 2.17. The summed E-state index contributed by atoms with van der Waals surface area (Å²) in [5.74, 6) is 1.75. The van der Waals surface area contributed by atoms with E-state index in [4.69, 9.17) is 10.5 Å². The van der Waals surface area contributed by atoms with Gasteiger partial charge in [0.05, 0.1) is 6.61 Å². The fourth-order valence-electron chi connectivity index (χ4n) is 2.94. The highest BCUT2D eigenvalue weighted by molar-refractivity contribution is 5.32. The lowest BCUT2D eigenvalue weighted by Gasteiger charge is -2.31. The van der Waals surface area contributed by atoms with Crippen molar-refractivity contribution in [2.45, 2.75) is 33.1 Å². The Kier molecular flexibility index (Phi) is 5.86. The topological polar surface area (TPSA) is 38.5 Å². The molecule has 1 heterocycles. The van der Waals surface area contributed by atoms with E-state index in [1.807, 2.05) is 0 Å². The molecule has 2 rings (SSSR count). The van der Waals surface area contributed by atoms with E-state index < -0.39 is 0 Å². The third-order valence-electron chi connectivity index (χ3n) is 4.12. The van der Waals surface area contributed by atoms with Crippen molar-refractivity contribution in [1.82, 2.24) is 4.90 Å². The van der Waals surface area contributed by atoms with Gasteiger partial charge in [-0.2, -0.15) is 0 Å². The van der Waals surface area contributed by atoms with Gasteiger partial charge in [-0.3, -0.25) is 0 Å². The molecule has 0 bridgehead atoms. The minimum Gasteiger partial charge on any atom is -0.494 e. The van der Waals surface area contributed by atoms with Crippen molar-refractivity contribution in [3.8, 4) is 5.75 Å². The minimum atomic E-state index is 0.748. The van der Waals surface area contributed by atoms with Gasteiger partial charge in [0.25, 0.3) is 0 Å². The van der Waals surface area contributed by atoms with Gasteiger partial charge in [-0.15, -0.1) is 0 Å². The normalized spacial score (nSPS) is 17.4. The van der Waals surface area contributed by atoms with Gasteiger partial charge in [-0.25, -0.2) is 0 Å².